The van der Waals surface area contributed by atoms with Crippen molar-refractivity contribution in [1.29, 1.82) is 0 Å². The Hall–Kier alpha value is -2.67. The third kappa shape index (κ3) is 2.67. The average molecular weight is 232 g/mol. The maximum absolute atomic E-state index is 11.1. The van der Waals surface area contributed by atoms with Crippen LogP contribution in [0.4, 0.5) is 0 Å². The van der Waals surface area contributed by atoms with Crippen LogP contribution >= 0.6 is 0 Å². The molecule has 2 heterocycles. The molecule has 0 radical (unpaired) electrons. The third-order valence-corrected chi connectivity index (χ3v) is 1.88. The molecule has 9 nitrogen and oxygen atoms in total. The fourth-order valence-electron chi connectivity index (χ4n) is 1.18. The van der Waals surface area contributed by atoms with Crippen molar-refractivity contribution in [2.24, 2.45) is 5.11 Å². The molecule has 2 aromatic rings. The molecule has 0 aliphatic carbocycles. The van der Waals surface area contributed by atoms with Crippen LogP contribution in [0.5, 0.6) is 0 Å². The lowest BCUT2D eigenvalue weighted by molar-refractivity contribution is -0.119. The van der Waals surface area contributed by atoms with Crippen molar-refractivity contribution in [2.75, 3.05) is 6.54 Å². The van der Waals surface area contributed by atoms with E-state index in [0.29, 0.717) is 11.6 Å². The third-order valence-electron chi connectivity index (χ3n) is 1.88. The molecule has 9 heteroatoms. The molecule has 0 fully saturated rings. The lowest BCUT2D eigenvalue weighted by Gasteiger charge is -1.97. The van der Waals surface area contributed by atoms with Gasteiger partial charge in [-0.2, -0.15) is 4.98 Å². The highest BCUT2D eigenvalue weighted by molar-refractivity contribution is 5.77. The predicted molar refractivity (Wildman–Crippen MR) is 56.6 cm³/mol. The van der Waals surface area contributed by atoms with Crippen LogP contribution in [-0.2, 0) is 11.3 Å². The highest BCUT2D eigenvalue weighted by atomic mass is 16.1. The van der Waals surface area contributed by atoms with Crippen molar-refractivity contribution < 1.29 is 4.79 Å². The van der Waals surface area contributed by atoms with Crippen LogP contribution in [0.15, 0.2) is 23.6 Å². The Morgan fingerprint density at radius 3 is 3.29 bits per heavy atom. The second-order valence-corrected chi connectivity index (χ2v) is 3.06. The van der Waals surface area contributed by atoms with Gasteiger partial charge in [0, 0.05) is 17.3 Å². The van der Waals surface area contributed by atoms with E-state index in [0.717, 1.165) is 0 Å². The minimum atomic E-state index is -0.380. The molecule has 1 amide bonds. The molecular formula is C8H8N8O. The van der Waals surface area contributed by atoms with Crippen LogP contribution in [0.3, 0.4) is 0 Å². The topological polar surface area (TPSA) is 121 Å². The lowest BCUT2D eigenvalue weighted by atomic mass is 10.5. The molecular weight excluding hydrogens is 224 g/mol. The van der Waals surface area contributed by atoms with E-state index in [4.69, 9.17) is 5.53 Å². The van der Waals surface area contributed by atoms with E-state index in [-0.39, 0.29) is 19.0 Å². The monoisotopic (exact) mass is 232 g/mol. The van der Waals surface area contributed by atoms with Crippen LogP contribution in [0, 0.1) is 0 Å². The highest BCUT2D eigenvalue weighted by Gasteiger charge is 2.05. The van der Waals surface area contributed by atoms with E-state index in [1.165, 1.54) is 4.52 Å². The highest BCUT2D eigenvalue weighted by Crippen LogP contribution is 1.96. The summed E-state index contributed by atoms with van der Waals surface area (Å²) in [6, 6.07) is 1.73. The minimum Gasteiger partial charge on any atom is -0.349 e. The van der Waals surface area contributed by atoms with Crippen molar-refractivity contribution in [2.45, 2.75) is 6.54 Å². The Morgan fingerprint density at radius 1 is 1.65 bits per heavy atom. The molecule has 0 aromatic carbocycles. The zero-order valence-corrected chi connectivity index (χ0v) is 8.69. The number of aromatic nitrogens is 4. The summed E-state index contributed by atoms with van der Waals surface area (Å²) in [6.45, 7) is -0.0642. The summed E-state index contributed by atoms with van der Waals surface area (Å²) in [6.07, 6.45) is 3.31. The zero-order chi connectivity index (χ0) is 12.1. The Bertz CT molecular complexity index is 551. The minimum absolute atomic E-state index is 0.170. The van der Waals surface area contributed by atoms with Gasteiger partial charge >= 0.3 is 0 Å². The molecule has 0 saturated carbocycles. The molecule has 0 saturated heterocycles. The van der Waals surface area contributed by atoms with Crippen LogP contribution in [0.25, 0.3) is 16.2 Å². The quantitative estimate of drug-likeness (QED) is 0.454. The molecule has 0 atom stereocenters. The van der Waals surface area contributed by atoms with E-state index in [1.54, 1.807) is 18.5 Å². The Labute approximate surface area is 95.1 Å². The zero-order valence-electron chi connectivity index (χ0n) is 8.69. The van der Waals surface area contributed by atoms with Crippen molar-refractivity contribution in [3.05, 3.63) is 34.7 Å². The average Bonchev–Trinajstić information content (AvgIpc) is 2.76. The first-order valence-electron chi connectivity index (χ1n) is 4.73. The molecule has 1 N–H and O–H groups in total. The van der Waals surface area contributed by atoms with Gasteiger partial charge in [0.2, 0.25) is 5.91 Å². The van der Waals surface area contributed by atoms with Gasteiger partial charge in [0.25, 0.3) is 5.78 Å². The number of amides is 1. The van der Waals surface area contributed by atoms with E-state index in [9.17, 15) is 4.79 Å². The normalized spacial score (nSPS) is 9.88. The summed E-state index contributed by atoms with van der Waals surface area (Å²) in [5, 5.41) is 9.75. The van der Waals surface area contributed by atoms with Crippen molar-refractivity contribution in [1.82, 2.24) is 24.9 Å². The first-order chi connectivity index (χ1) is 8.29. The molecule has 0 bridgehead atoms. The van der Waals surface area contributed by atoms with Crippen molar-refractivity contribution in [3.8, 4) is 0 Å². The van der Waals surface area contributed by atoms with Gasteiger partial charge in [-0.25, -0.2) is 9.50 Å². The Morgan fingerprint density at radius 2 is 2.53 bits per heavy atom. The van der Waals surface area contributed by atoms with Crippen molar-refractivity contribution in [3.63, 3.8) is 0 Å². The molecule has 0 aliphatic rings. The largest absolute Gasteiger partial charge is 0.349 e. The number of nitrogens with zero attached hydrogens (tertiary/aromatic N) is 7. The summed E-state index contributed by atoms with van der Waals surface area (Å²) in [5.74, 6) is 0.527. The van der Waals surface area contributed by atoms with Gasteiger partial charge in [0.05, 0.1) is 6.54 Å². The second kappa shape index (κ2) is 4.90. The SMILES string of the molecule is [N-]=[N+]=NCC(=O)NCc1nc2ncccn2n1. The van der Waals surface area contributed by atoms with Gasteiger partial charge in [-0.3, -0.25) is 4.79 Å². The van der Waals surface area contributed by atoms with Gasteiger partial charge in [0.1, 0.15) is 6.54 Å². The summed E-state index contributed by atoms with van der Waals surface area (Å²) in [7, 11) is 0. The fourth-order valence-corrected chi connectivity index (χ4v) is 1.18. The molecule has 0 spiro atoms. The lowest BCUT2D eigenvalue weighted by Crippen LogP contribution is -2.25. The van der Waals surface area contributed by atoms with E-state index in [1.807, 2.05) is 0 Å². The van der Waals surface area contributed by atoms with Gasteiger partial charge < -0.3 is 5.32 Å². The first-order valence-corrected chi connectivity index (χ1v) is 4.73. The fraction of sp³-hybridized carbons (Fsp3) is 0.250. The van der Waals surface area contributed by atoms with Gasteiger partial charge in [-0.05, 0) is 11.6 Å². The van der Waals surface area contributed by atoms with Crippen LogP contribution in [0.1, 0.15) is 5.82 Å². The predicted octanol–water partition coefficient (Wildman–Crippen LogP) is 0.0508. The summed E-state index contributed by atoms with van der Waals surface area (Å²) in [5.41, 5.74) is 8.04. The standard InChI is InChI=1S/C8H8N8O/c9-15-12-5-7(17)11-4-6-13-8-10-2-1-3-16(8)14-6/h1-3H,4-5H2,(H,11,17). The first kappa shape index (κ1) is 10.8. The molecule has 0 aliphatic heterocycles. The van der Waals surface area contributed by atoms with Crippen LogP contribution in [-0.4, -0.2) is 32.0 Å². The van der Waals surface area contributed by atoms with Crippen LogP contribution in [0.2, 0.25) is 0 Å². The number of fused-ring (bicyclic) bond motifs is 1. The smallest absolute Gasteiger partial charge is 0.252 e. The van der Waals surface area contributed by atoms with Gasteiger partial charge in [-0.1, -0.05) is 5.11 Å². The summed E-state index contributed by atoms with van der Waals surface area (Å²) in [4.78, 5) is 21.7. The molecule has 2 rings (SSSR count). The van der Waals surface area contributed by atoms with E-state index < -0.39 is 0 Å². The molecule has 0 unspecified atom stereocenters. The number of rotatable bonds is 4. The van der Waals surface area contributed by atoms with E-state index in [2.05, 4.69) is 30.4 Å². The maximum Gasteiger partial charge on any atom is 0.252 e. The second-order valence-electron chi connectivity index (χ2n) is 3.06. The Balaban J connectivity index is 1.99. The number of carbonyl (C=O) groups is 1. The maximum atomic E-state index is 11.1. The summed E-state index contributed by atoms with van der Waals surface area (Å²) < 4.78 is 1.51. The Kier molecular flexibility index (Phi) is 3.13. The number of azide groups is 1. The molecule has 17 heavy (non-hydrogen) atoms. The van der Waals surface area contributed by atoms with Gasteiger partial charge in [-0.15, -0.1) is 5.10 Å². The molecule has 2 aromatic heterocycles. The van der Waals surface area contributed by atoms with Crippen LogP contribution < -0.4 is 5.32 Å². The van der Waals surface area contributed by atoms with E-state index >= 15 is 0 Å². The summed E-state index contributed by atoms with van der Waals surface area (Å²) >= 11 is 0. The number of carbonyl (C=O) groups excluding carboxylic acids is 1. The van der Waals surface area contributed by atoms with Gasteiger partial charge in [0.15, 0.2) is 5.82 Å². The van der Waals surface area contributed by atoms with Crippen molar-refractivity contribution >= 4 is 11.7 Å². The number of hydrogen-bond acceptors (Lipinski definition) is 5. The number of nitrogens with one attached hydrogen (secondary N) is 1. The molecule has 86 valence electrons. The number of hydrogen-bond donors (Lipinski definition) is 1.